The maximum absolute atomic E-state index is 14.0. The summed E-state index contributed by atoms with van der Waals surface area (Å²) < 4.78 is 14.0. The molecule has 1 fully saturated rings. The molecular weight excluding hydrogens is 215 g/mol. The van der Waals surface area contributed by atoms with E-state index >= 15 is 0 Å². The number of nitrogens with two attached hydrogens (primary N) is 1. The Labute approximate surface area is 103 Å². The lowest BCUT2D eigenvalue weighted by atomic mass is 9.99. The van der Waals surface area contributed by atoms with Gasteiger partial charge in [-0.2, -0.15) is 0 Å². The first-order valence-corrected chi connectivity index (χ1v) is 6.38. The summed E-state index contributed by atoms with van der Waals surface area (Å²) in [5, 5.41) is 0. The molecule has 0 aromatic heterocycles. The lowest BCUT2D eigenvalue weighted by molar-refractivity contribution is 0.442. The third-order valence-electron chi connectivity index (χ3n) is 3.50. The van der Waals surface area contributed by atoms with Gasteiger partial charge in [-0.1, -0.05) is 13.0 Å². The second-order valence-corrected chi connectivity index (χ2v) is 5.19. The van der Waals surface area contributed by atoms with Crippen LogP contribution in [0.3, 0.4) is 0 Å². The minimum absolute atomic E-state index is 0.112. The number of benzene rings is 1. The van der Waals surface area contributed by atoms with E-state index in [9.17, 15) is 4.39 Å². The molecule has 1 heterocycles. The molecule has 1 aliphatic rings. The third kappa shape index (κ3) is 2.78. The number of rotatable bonds is 2. The standard InChI is InChI=1S/C14H21FN2/c1-10-4-3-7-17(9-10)14-6-5-12(11(2)16)8-13(14)15/h5-6,8,10-11H,3-4,7,9,16H2,1-2H3. The van der Waals surface area contributed by atoms with Gasteiger partial charge in [0.15, 0.2) is 0 Å². The SMILES string of the molecule is CC1CCCN(c2ccc(C(C)N)cc2F)C1. The van der Waals surface area contributed by atoms with Gasteiger partial charge < -0.3 is 10.6 Å². The van der Waals surface area contributed by atoms with E-state index in [0.717, 1.165) is 30.8 Å². The van der Waals surface area contributed by atoms with Gasteiger partial charge in [-0.15, -0.1) is 0 Å². The van der Waals surface area contributed by atoms with Gasteiger partial charge in [0, 0.05) is 19.1 Å². The summed E-state index contributed by atoms with van der Waals surface area (Å²) in [5.41, 5.74) is 7.33. The number of anilines is 1. The first-order valence-electron chi connectivity index (χ1n) is 6.38. The first kappa shape index (κ1) is 12.4. The molecule has 0 saturated carbocycles. The predicted octanol–water partition coefficient (Wildman–Crippen LogP) is 3.08. The van der Waals surface area contributed by atoms with E-state index in [0.29, 0.717) is 5.92 Å². The van der Waals surface area contributed by atoms with Gasteiger partial charge in [0.2, 0.25) is 0 Å². The van der Waals surface area contributed by atoms with E-state index in [-0.39, 0.29) is 11.9 Å². The molecule has 2 unspecified atom stereocenters. The lowest BCUT2D eigenvalue weighted by Crippen LogP contribution is -2.34. The largest absolute Gasteiger partial charge is 0.369 e. The van der Waals surface area contributed by atoms with E-state index in [1.165, 1.54) is 6.42 Å². The highest BCUT2D eigenvalue weighted by molar-refractivity contribution is 5.50. The molecule has 94 valence electrons. The fourth-order valence-corrected chi connectivity index (χ4v) is 2.47. The Morgan fingerprint density at radius 3 is 2.82 bits per heavy atom. The van der Waals surface area contributed by atoms with Crippen LogP contribution in [0.25, 0.3) is 0 Å². The number of piperidine rings is 1. The van der Waals surface area contributed by atoms with Crippen molar-refractivity contribution in [3.63, 3.8) is 0 Å². The van der Waals surface area contributed by atoms with Crippen molar-refractivity contribution >= 4 is 5.69 Å². The van der Waals surface area contributed by atoms with Crippen LogP contribution < -0.4 is 10.6 Å². The first-order chi connectivity index (χ1) is 8.08. The van der Waals surface area contributed by atoms with E-state index in [1.54, 1.807) is 6.07 Å². The lowest BCUT2D eigenvalue weighted by Gasteiger charge is -2.33. The number of hydrogen-bond donors (Lipinski definition) is 1. The molecule has 1 saturated heterocycles. The van der Waals surface area contributed by atoms with E-state index in [1.807, 2.05) is 19.1 Å². The topological polar surface area (TPSA) is 29.3 Å². The fraction of sp³-hybridized carbons (Fsp3) is 0.571. The summed E-state index contributed by atoms with van der Waals surface area (Å²) in [4.78, 5) is 2.15. The van der Waals surface area contributed by atoms with Crippen LogP contribution in [0.1, 0.15) is 38.3 Å². The molecule has 1 aromatic carbocycles. The van der Waals surface area contributed by atoms with Gasteiger partial charge >= 0.3 is 0 Å². The van der Waals surface area contributed by atoms with Crippen molar-refractivity contribution in [2.75, 3.05) is 18.0 Å². The highest BCUT2D eigenvalue weighted by Crippen LogP contribution is 2.27. The van der Waals surface area contributed by atoms with Crippen LogP contribution in [0.4, 0.5) is 10.1 Å². The van der Waals surface area contributed by atoms with Crippen LogP contribution in [0.2, 0.25) is 0 Å². The summed E-state index contributed by atoms with van der Waals surface area (Å²) in [7, 11) is 0. The average Bonchev–Trinajstić information content (AvgIpc) is 2.28. The smallest absolute Gasteiger partial charge is 0.146 e. The Morgan fingerprint density at radius 1 is 1.47 bits per heavy atom. The molecule has 0 radical (unpaired) electrons. The number of hydrogen-bond acceptors (Lipinski definition) is 2. The van der Waals surface area contributed by atoms with E-state index in [4.69, 9.17) is 5.73 Å². The summed E-state index contributed by atoms with van der Waals surface area (Å²) in [5.74, 6) is 0.505. The zero-order chi connectivity index (χ0) is 12.4. The molecule has 0 bridgehead atoms. The van der Waals surface area contributed by atoms with Crippen molar-refractivity contribution in [3.05, 3.63) is 29.6 Å². The van der Waals surface area contributed by atoms with Crippen molar-refractivity contribution < 1.29 is 4.39 Å². The summed E-state index contributed by atoms with van der Waals surface area (Å²) >= 11 is 0. The fourth-order valence-electron chi connectivity index (χ4n) is 2.47. The predicted molar refractivity (Wildman–Crippen MR) is 69.6 cm³/mol. The van der Waals surface area contributed by atoms with Gasteiger partial charge in [0.25, 0.3) is 0 Å². The number of halogens is 1. The Bertz CT molecular complexity index is 390. The third-order valence-corrected chi connectivity index (χ3v) is 3.50. The highest BCUT2D eigenvalue weighted by Gasteiger charge is 2.19. The maximum atomic E-state index is 14.0. The van der Waals surface area contributed by atoms with Crippen molar-refractivity contribution in [1.29, 1.82) is 0 Å². The van der Waals surface area contributed by atoms with Gasteiger partial charge in [-0.3, -0.25) is 0 Å². The maximum Gasteiger partial charge on any atom is 0.146 e. The van der Waals surface area contributed by atoms with Crippen LogP contribution in [-0.4, -0.2) is 13.1 Å². The minimum Gasteiger partial charge on any atom is -0.369 e. The van der Waals surface area contributed by atoms with Crippen molar-refractivity contribution in [2.24, 2.45) is 11.7 Å². The van der Waals surface area contributed by atoms with Crippen LogP contribution in [0.5, 0.6) is 0 Å². The van der Waals surface area contributed by atoms with Gasteiger partial charge in [0.05, 0.1) is 5.69 Å². The van der Waals surface area contributed by atoms with Crippen LogP contribution in [0, 0.1) is 11.7 Å². The van der Waals surface area contributed by atoms with Crippen LogP contribution in [0.15, 0.2) is 18.2 Å². The van der Waals surface area contributed by atoms with Gasteiger partial charge in [-0.05, 0) is 43.4 Å². The molecule has 0 spiro atoms. The quantitative estimate of drug-likeness (QED) is 0.855. The molecule has 17 heavy (non-hydrogen) atoms. The van der Waals surface area contributed by atoms with E-state index in [2.05, 4.69) is 11.8 Å². The molecule has 0 aliphatic carbocycles. The molecular formula is C14H21FN2. The van der Waals surface area contributed by atoms with Crippen LogP contribution >= 0.6 is 0 Å². The average molecular weight is 236 g/mol. The zero-order valence-electron chi connectivity index (χ0n) is 10.6. The summed E-state index contributed by atoms with van der Waals surface area (Å²) in [6, 6.07) is 5.26. The molecule has 3 heteroatoms. The van der Waals surface area contributed by atoms with Crippen molar-refractivity contribution in [1.82, 2.24) is 0 Å². The Kier molecular flexibility index (Phi) is 3.67. The second kappa shape index (κ2) is 5.05. The highest BCUT2D eigenvalue weighted by atomic mass is 19.1. The normalized spacial score (nSPS) is 22.6. The molecule has 2 N–H and O–H groups in total. The molecule has 2 rings (SSSR count). The van der Waals surface area contributed by atoms with Crippen molar-refractivity contribution in [3.8, 4) is 0 Å². The monoisotopic (exact) mass is 236 g/mol. The Hall–Kier alpha value is -1.09. The van der Waals surface area contributed by atoms with Gasteiger partial charge in [0.1, 0.15) is 5.82 Å². The Morgan fingerprint density at radius 2 is 2.24 bits per heavy atom. The molecule has 0 amide bonds. The molecule has 2 atom stereocenters. The number of nitrogens with zero attached hydrogens (tertiary/aromatic N) is 1. The summed E-state index contributed by atoms with van der Waals surface area (Å²) in [6.07, 6.45) is 2.39. The van der Waals surface area contributed by atoms with Crippen molar-refractivity contribution in [2.45, 2.75) is 32.7 Å². The molecule has 1 aliphatic heterocycles. The zero-order valence-corrected chi connectivity index (χ0v) is 10.6. The van der Waals surface area contributed by atoms with E-state index < -0.39 is 0 Å². The minimum atomic E-state index is -0.145. The molecule has 1 aromatic rings. The van der Waals surface area contributed by atoms with Gasteiger partial charge in [-0.25, -0.2) is 4.39 Å². The second-order valence-electron chi connectivity index (χ2n) is 5.19. The van der Waals surface area contributed by atoms with Crippen LogP contribution in [-0.2, 0) is 0 Å². The summed E-state index contributed by atoms with van der Waals surface area (Å²) in [6.45, 7) is 6.00. The molecule has 2 nitrogen and oxygen atoms in total. The Balaban J connectivity index is 2.21.